The Hall–Kier alpha value is -2.14. The predicted octanol–water partition coefficient (Wildman–Crippen LogP) is 1.64. The van der Waals surface area contributed by atoms with Crippen LogP contribution in [0.1, 0.15) is 25.3 Å². The molecule has 1 aromatic carbocycles. The van der Waals surface area contributed by atoms with E-state index in [-0.39, 0.29) is 24.5 Å². The van der Waals surface area contributed by atoms with Gasteiger partial charge in [-0.3, -0.25) is 9.59 Å². The topological polar surface area (TPSA) is 69.6 Å². The van der Waals surface area contributed by atoms with Gasteiger partial charge in [-0.05, 0) is 36.6 Å². The Morgan fingerprint density at radius 1 is 1.38 bits per heavy atom. The molecule has 0 radical (unpaired) electrons. The Labute approximate surface area is 124 Å². The van der Waals surface area contributed by atoms with Crippen LogP contribution in [0.3, 0.4) is 0 Å². The number of carbonyl (C=O) groups excluding carboxylic acids is 2. The molecule has 0 aromatic heterocycles. The van der Waals surface area contributed by atoms with E-state index < -0.39 is 0 Å². The van der Waals surface area contributed by atoms with E-state index in [1.807, 2.05) is 12.1 Å². The van der Waals surface area contributed by atoms with Crippen LogP contribution in [-0.2, 0) is 9.59 Å². The molecule has 2 N–H and O–H groups in total. The number of amides is 2. The van der Waals surface area contributed by atoms with Crippen molar-refractivity contribution < 1.29 is 14.7 Å². The number of nitrogens with zero attached hydrogens (tertiary/aromatic N) is 1. The molecule has 0 spiro atoms. The number of rotatable bonds is 4. The van der Waals surface area contributed by atoms with Gasteiger partial charge in [0.25, 0.3) is 0 Å². The molecule has 0 saturated carbocycles. The molecule has 1 saturated heterocycles. The minimum atomic E-state index is -0.113. The van der Waals surface area contributed by atoms with Crippen LogP contribution in [-0.4, -0.2) is 41.0 Å². The highest BCUT2D eigenvalue weighted by Gasteiger charge is 2.26. The first kappa shape index (κ1) is 15.3. The van der Waals surface area contributed by atoms with Crippen LogP contribution < -0.4 is 5.32 Å². The average Bonchev–Trinajstić information content (AvgIpc) is 2.94. The first-order valence-corrected chi connectivity index (χ1v) is 7.07. The third kappa shape index (κ3) is 4.16. The van der Waals surface area contributed by atoms with Crippen LogP contribution in [0.2, 0.25) is 0 Å². The fourth-order valence-corrected chi connectivity index (χ4v) is 2.46. The maximum Gasteiger partial charge on any atom is 0.246 e. The highest BCUT2D eigenvalue weighted by Crippen LogP contribution is 2.17. The largest absolute Gasteiger partial charge is 0.394 e. The van der Waals surface area contributed by atoms with Crippen LogP contribution in [0.4, 0.5) is 5.69 Å². The molecule has 1 heterocycles. The number of likely N-dealkylation sites (tertiary alicyclic amines) is 1. The van der Waals surface area contributed by atoms with Crippen molar-refractivity contribution in [2.75, 3.05) is 18.5 Å². The van der Waals surface area contributed by atoms with Gasteiger partial charge in [0.1, 0.15) is 0 Å². The standard InChI is InChI=1S/C16H20N2O3/c1-12(20)17-14-7-4-13(5-8-14)6-9-16(21)18-10-2-3-15(18)11-19/h4-9,15,19H,2-3,10-11H2,1H3,(H,17,20)/b9-6+/t15-/m1/s1. The van der Waals surface area contributed by atoms with E-state index >= 15 is 0 Å². The summed E-state index contributed by atoms with van der Waals surface area (Å²) < 4.78 is 0. The maximum atomic E-state index is 12.1. The zero-order valence-electron chi connectivity index (χ0n) is 12.1. The van der Waals surface area contributed by atoms with Gasteiger partial charge in [0.05, 0.1) is 12.6 Å². The van der Waals surface area contributed by atoms with Gasteiger partial charge in [-0.15, -0.1) is 0 Å². The first-order chi connectivity index (χ1) is 10.1. The number of aliphatic hydroxyl groups is 1. The van der Waals surface area contributed by atoms with E-state index in [0.717, 1.165) is 24.1 Å². The second kappa shape index (κ2) is 7.04. The molecule has 5 nitrogen and oxygen atoms in total. The van der Waals surface area contributed by atoms with Gasteiger partial charge < -0.3 is 15.3 Å². The summed E-state index contributed by atoms with van der Waals surface area (Å²) in [5, 5.41) is 11.9. The lowest BCUT2D eigenvalue weighted by Gasteiger charge is -2.21. The van der Waals surface area contributed by atoms with Gasteiger partial charge in [-0.2, -0.15) is 0 Å². The number of hydrogen-bond donors (Lipinski definition) is 2. The summed E-state index contributed by atoms with van der Waals surface area (Å²) >= 11 is 0. The Morgan fingerprint density at radius 3 is 2.71 bits per heavy atom. The van der Waals surface area contributed by atoms with E-state index in [1.165, 1.54) is 13.0 Å². The van der Waals surface area contributed by atoms with E-state index in [2.05, 4.69) is 5.32 Å². The molecular formula is C16H20N2O3. The maximum absolute atomic E-state index is 12.1. The summed E-state index contributed by atoms with van der Waals surface area (Å²) in [4.78, 5) is 24.7. The fourth-order valence-electron chi connectivity index (χ4n) is 2.46. The van der Waals surface area contributed by atoms with Gasteiger partial charge in [0.2, 0.25) is 11.8 Å². The highest BCUT2D eigenvalue weighted by atomic mass is 16.3. The minimum absolute atomic E-state index is 0.0188. The van der Waals surface area contributed by atoms with Gasteiger partial charge in [-0.1, -0.05) is 12.1 Å². The van der Waals surface area contributed by atoms with E-state index in [1.54, 1.807) is 23.1 Å². The third-order valence-electron chi connectivity index (χ3n) is 3.52. The second-order valence-electron chi connectivity index (χ2n) is 5.15. The molecule has 5 heteroatoms. The molecule has 2 rings (SSSR count). The first-order valence-electron chi connectivity index (χ1n) is 7.07. The van der Waals surface area contributed by atoms with Crippen molar-refractivity contribution in [1.82, 2.24) is 4.90 Å². The van der Waals surface area contributed by atoms with Crippen molar-refractivity contribution in [2.24, 2.45) is 0 Å². The Morgan fingerprint density at radius 2 is 2.10 bits per heavy atom. The Kier molecular flexibility index (Phi) is 5.11. The predicted molar refractivity (Wildman–Crippen MR) is 81.6 cm³/mol. The molecule has 1 fully saturated rings. The van der Waals surface area contributed by atoms with Crippen LogP contribution in [0.25, 0.3) is 6.08 Å². The molecule has 2 amide bonds. The third-order valence-corrected chi connectivity index (χ3v) is 3.52. The smallest absolute Gasteiger partial charge is 0.246 e. The second-order valence-corrected chi connectivity index (χ2v) is 5.15. The van der Waals surface area contributed by atoms with Crippen molar-refractivity contribution in [3.05, 3.63) is 35.9 Å². The Bertz CT molecular complexity index is 537. The lowest BCUT2D eigenvalue weighted by Crippen LogP contribution is -2.36. The number of hydrogen-bond acceptors (Lipinski definition) is 3. The van der Waals surface area contributed by atoms with E-state index in [0.29, 0.717) is 6.54 Å². The van der Waals surface area contributed by atoms with Crippen molar-refractivity contribution in [3.8, 4) is 0 Å². The number of aliphatic hydroxyl groups excluding tert-OH is 1. The lowest BCUT2D eigenvalue weighted by molar-refractivity contribution is -0.127. The zero-order valence-corrected chi connectivity index (χ0v) is 12.1. The van der Waals surface area contributed by atoms with Gasteiger partial charge in [-0.25, -0.2) is 0 Å². The molecule has 0 bridgehead atoms. The quantitative estimate of drug-likeness (QED) is 0.828. The summed E-state index contributed by atoms with van der Waals surface area (Å²) in [6.45, 7) is 2.18. The average molecular weight is 288 g/mol. The molecule has 1 atom stereocenters. The number of nitrogens with one attached hydrogen (secondary N) is 1. The van der Waals surface area contributed by atoms with Crippen LogP contribution in [0.15, 0.2) is 30.3 Å². The zero-order chi connectivity index (χ0) is 15.2. The van der Waals surface area contributed by atoms with Crippen LogP contribution in [0.5, 0.6) is 0 Å². The molecular weight excluding hydrogens is 268 g/mol. The molecule has 112 valence electrons. The molecule has 21 heavy (non-hydrogen) atoms. The molecule has 0 aliphatic carbocycles. The highest BCUT2D eigenvalue weighted by molar-refractivity contribution is 5.92. The summed E-state index contributed by atoms with van der Waals surface area (Å²) in [5.41, 5.74) is 1.61. The van der Waals surface area contributed by atoms with Crippen LogP contribution >= 0.6 is 0 Å². The summed E-state index contributed by atoms with van der Waals surface area (Å²) in [5.74, 6) is -0.185. The van der Waals surface area contributed by atoms with Gasteiger partial charge in [0, 0.05) is 25.2 Å². The van der Waals surface area contributed by atoms with Crippen molar-refractivity contribution in [2.45, 2.75) is 25.8 Å². The van der Waals surface area contributed by atoms with Crippen molar-refractivity contribution >= 4 is 23.6 Å². The van der Waals surface area contributed by atoms with Crippen LogP contribution in [0, 0.1) is 0 Å². The van der Waals surface area contributed by atoms with Gasteiger partial charge >= 0.3 is 0 Å². The SMILES string of the molecule is CC(=O)Nc1ccc(/C=C/C(=O)N2CCC[C@@H]2CO)cc1. The molecule has 1 aliphatic heterocycles. The summed E-state index contributed by atoms with van der Waals surface area (Å²) in [6, 6.07) is 7.20. The molecule has 1 aromatic rings. The lowest BCUT2D eigenvalue weighted by atomic mass is 10.2. The Balaban J connectivity index is 1.97. The number of carbonyl (C=O) groups is 2. The summed E-state index contributed by atoms with van der Waals surface area (Å²) in [7, 11) is 0. The fraction of sp³-hybridized carbons (Fsp3) is 0.375. The monoisotopic (exact) mass is 288 g/mol. The molecule has 1 aliphatic rings. The number of anilines is 1. The van der Waals surface area contributed by atoms with E-state index in [9.17, 15) is 14.7 Å². The number of benzene rings is 1. The summed E-state index contributed by atoms with van der Waals surface area (Å²) in [6.07, 6.45) is 5.08. The van der Waals surface area contributed by atoms with Crippen molar-refractivity contribution in [1.29, 1.82) is 0 Å². The minimum Gasteiger partial charge on any atom is -0.394 e. The van der Waals surface area contributed by atoms with Gasteiger partial charge in [0.15, 0.2) is 0 Å². The van der Waals surface area contributed by atoms with Crippen molar-refractivity contribution in [3.63, 3.8) is 0 Å². The normalized spacial score (nSPS) is 18.2. The molecule has 0 unspecified atom stereocenters. The van der Waals surface area contributed by atoms with E-state index in [4.69, 9.17) is 0 Å².